The number of ether oxygens (including phenoxy) is 1. The van der Waals surface area contributed by atoms with E-state index in [1.807, 2.05) is 22.6 Å². The minimum atomic E-state index is -5.69. The molecule has 2 rings (SSSR count). The minimum absolute atomic E-state index is 0.191. The predicted octanol–water partition coefficient (Wildman–Crippen LogP) is 2.72. The molecule has 0 bridgehead atoms. The van der Waals surface area contributed by atoms with Crippen LogP contribution in [0.4, 0.5) is 8.78 Å². The Bertz CT molecular complexity index is 966. The highest BCUT2D eigenvalue weighted by Crippen LogP contribution is 2.24. The number of esters is 1. The van der Waals surface area contributed by atoms with Crippen LogP contribution in [0.15, 0.2) is 48.5 Å². The molecule has 2 aromatic rings. The first-order valence-electron chi connectivity index (χ1n) is 7.21. The molecule has 11 heteroatoms. The Kier molecular flexibility index (Phi) is 6.49. The molecule has 7 nitrogen and oxygen atoms in total. The van der Waals surface area contributed by atoms with E-state index in [4.69, 9.17) is 9.29 Å². The molecule has 0 aliphatic heterocycles. The number of alkyl halides is 2. The SMILES string of the molecule is O=C(Oc1cc(I)ccc1C(=O)NCC(F)(F)S(=O)(=O)O)c1ccccc1. The van der Waals surface area contributed by atoms with E-state index in [9.17, 15) is 26.8 Å². The fourth-order valence-electron chi connectivity index (χ4n) is 1.87. The third-order valence-electron chi connectivity index (χ3n) is 3.23. The maximum Gasteiger partial charge on any atom is 0.386 e. The molecule has 0 saturated heterocycles. The van der Waals surface area contributed by atoms with Crippen molar-refractivity contribution in [1.29, 1.82) is 0 Å². The average molecular weight is 511 g/mol. The standard InChI is InChI=1S/C16H12F2INO6S/c17-16(18,27(23,24)25)9-20-14(21)12-7-6-11(19)8-13(12)26-15(22)10-4-2-1-3-5-10/h1-8H,9H2,(H,20,21)(H,23,24,25). The van der Waals surface area contributed by atoms with Gasteiger partial charge in [0.05, 0.1) is 17.7 Å². The van der Waals surface area contributed by atoms with Crippen molar-refractivity contribution in [2.45, 2.75) is 5.25 Å². The summed E-state index contributed by atoms with van der Waals surface area (Å²) < 4.78 is 62.0. The van der Waals surface area contributed by atoms with Crippen molar-refractivity contribution >= 4 is 44.6 Å². The summed E-state index contributed by atoms with van der Waals surface area (Å²) >= 11 is 1.90. The van der Waals surface area contributed by atoms with E-state index in [-0.39, 0.29) is 16.9 Å². The van der Waals surface area contributed by atoms with Gasteiger partial charge < -0.3 is 10.1 Å². The smallest absolute Gasteiger partial charge is 0.386 e. The molecule has 144 valence electrons. The van der Waals surface area contributed by atoms with Crippen molar-refractivity contribution in [3.05, 3.63) is 63.2 Å². The summed E-state index contributed by atoms with van der Waals surface area (Å²) in [6.45, 7) is -1.65. The lowest BCUT2D eigenvalue weighted by Gasteiger charge is -2.15. The van der Waals surface area contributed by atoms with Crippen molar-refractivity contribution in [3.8, 4) is 5.75 Å². The second-order valence-electron chi connectivity index (χ2n) is 5.19. The molecule has 0 aliphatic rings. The number of rotatable bonds is 6. The van der Waals surface area contributed by atoms with Gasteiger partial charge in [0, 0.05) is 3.57 Å². The Morgan fingerprint density at radius 2 is 1.78 bits per heavy atom. The van der Waals surface area contributed by atoms with E-state index in [1.165, 1.54) is 30.3 Å². The molecular formula is C16H12F2INO6S. The van der Waals surface area contributed by atoms with Crippen LogP contribution < -0.4 is 10.1 Å². The second-order valence-corrected chi connectivity index (χ2v) is 7.98. The lowest BCUT2D eigenvalue weighted by Crippen LogP contribution is -2.42. The monoisotopic (exact) mass is 511 g/mol. The quantitative estimate of drug-likeness (QED) is 0.267. The van der Waals surface area contributed by atoms with Gasteiger partial charge >= 0.3 is 21.3 Å². The van der Waals surface area contributed by atoms with Gasteiger partial charge in [0.2, 0.25) is 0 Å². The first-order chi connectivity index (χ1) is 12.5. The molecule has 0 aromatic heterocycles. The molecule has 0 unspecified atom stereocenters. The molecule has 0 fully saturated rings. The van der Waals surface area contributed by atoms with E-state index in [0.29, 0.717) is 3.57 Å². The molecule has 1 amide bonds. The Balaban J connectivity index is 2.22. The van der Waals surface area contributed by atoms with Crippen molar-refractivity contribution in [2.24, 2.45) is 0 Å². The summed E-state index contributed by atoms with van der Waals surface area (Å²) in [6.07, 6.45) is 0. The molecule has 0 atom stereocenters. The van der Waals surface area contributed by atoms with Gasteiger partial charge in [-0.1, -0.05) is 18.2 Å². The number of carbonyl (C=O) groups is 2. The fraction of sp³-hybridized carbons (Fsp3) is 0.125. The van der Waals surface area contributed by atoms with Crippen molar-refractivity contribution < 1.29 is 36.1 Å². The first kappa shape index (κ1) is 21.2. The molecular weight excluding hydrogens is 499 g/mol. The number of hydrogen-bond acceptors (Lipinski definition) is 5. The number of amides is 1. The van der Waals surface area contributed by atoms with Crippen LogP contribution in [0.5, 0.6) is 5.75 Å². The van der Waals surface area contributed by atoms with Gasteiger partial charge in [-0.2, -0.15) is 17.2 Å². The van der Waals surface area contributed by atoms with Gasteiger partial charge in [-0.15, -0.1) is 0 Å². The summed E-state index contributed by atoms with van der Waals surface area (Å²) in [5, 5.41) is -2.87. The Morgan fingerprint density at radius 1 is 1.15 bits per heavy atom. The van der Waals surface area contributed by atoms with Crippen LogP contribution in [-0.4, -0.2) is 36.6 Å². The lowest BCUT2D eigenvalue weighted by molar-refractivity contribution is 0.0689. The molecule has 0 aliphatic carbocycles. The third kappa shape index (κ3) is 5.43. The van der Waals surface area contributed by atoms with E-state index < -0.39 is 33.8 Å². The number of nitrogens with one attached hydrogen (secondary N) is 1. The summed E-state index contributed by atoms with van der Waals surface area (Å²) in [5.41, 5.74) is -0.0496. The molecule has 0 radical (unpaired) electrons. The van der Waals surface area contributed by atoms with Crippen LogP contribution in [0.3, 0.4) is 0 Å². The maximum atomic E-state index is 13.3. The van der Waals surface area contributed by atoms with Gasteiger partial charge in [-0.3, -0.25) is 9.35 Å². The lowest BCUT2D eigenvalue weighted by atomic mass is 10.2. The molecule has 0 spiro atoms. The molecule has 0 heterocycles. The number of carbonyl (C=O) groups excluding carboxylic acids is 2. The van der Waals surface area contributed by atoms with E-state index in [2.05, 4.69) is 0 Å². The van der Waals surface area contributed by atoms with Crippen LogP contribution in [0, 0.1) is 3.57 Å². The number of halogens is 3. The first-order valence-corrected chi connectivity index (χ1v) is 9.73. The molecule has 0 saturated carbocycles. The summed E-state index contributed by atoms with van der Waals surface area (Å²) in [6, 6.07) is 11.9. The zero-order valence-electron chi connectivity index (χ0n) is 13.4. The van der Waals surface area contributed by atoms with Crippen LogP contribution >= 0.6 is 22.6 Å². The number of hydrogen-bond donors (Lipinski definition) is 2. The van der Waals surface area contributed by atoms with Crippen molar-refractivity contribution in [1.82, 2.24) is 5.32 Å². The van der Waals surface area contributed by atoms with E-state index in [0.717, 1.165) is 0 Å². The topological polar surface area (TPSA) is 110 Å². The number of benzene rings is 2. The van der Waals surface area contributed by atoms with Gasteiger partial charge in [0.15, 0.2) is 0 Å². The Hall–Kier alpha value is -2.12. The van der Waals surface area contributed by atoms with Gasteiger partial charge in [-0.25, -0.2) is 4.79 Å². The summed E-state index contributed by atoms with van der Waals surface area (Å²) in [4.78, 5) is 24.3. The van der Waals surface area contributed by atoms with Crippen LogP contribution in [0.1, 0.15) is 20.7 Å². The molecule has 2 N–H and O–H groups in total. The summed E-state index contributed by atoms with van der Waals surface area (Å²) in [5.74, 6) is -2.07. The molecule has 27 heavy (non-hydrogen) atoms. The highest BCUT2D eigenvalue weighted by molar-refractivity contribution is 14.1. The van der Waals surface area contributed by atoms with Gasteiger partial charge in [-0.05, 0) is 52.9 Å². The Morgan fingerprint density at radius 3 is 2.37 bits per heavy atom. The van der Waals surface area contributed by atoms with Gasteiger partial charge in [0.25, 0.3) is 5.91 Å². The van der Waals surface area contributed by atoms with Crippen LogP contribution in [0.2, 0.25) is 0 Å². The van der Waals surface area contributed by atoms with Crippen molar-refractivity contribution in [2.75, 3.05) is 6.54 Å². The average Bonchev–Trinajstić information content (AvgIpc) is 2.59. The normalized spacial score (nSPS) is 11.7. The van der Waals surface area contributed by atoms with Crippen LogP contribution in [0.25, 0.3) is 0 Å². The van der Waals surface area contributed by atoms with Crippen LogP contribution in [-0.2, 0) is 10.1 Å². The highest BCUT2D eigenvalue weighted by Gasteiger charge is 2.44. The van der Waals surface area contributed by atoms with E-state index in [1.54, 1.807) is 23.5 Å². The van der Waals surface area contributed by atoms with Crippen molar-refractivity contribution in [3.63, 3.8) is 0 Å². The third-order valence-corrected chi connectivity index (χ3v) is 4.80. The molecule has 2 aromatic carbocycles. The zero-order chi connectivity index (χ0) is 20.2. The predicted molar refractivity (Wildman–Crippen MR) is 99.4 cm³/mol. The Labute approximate surface area is 166 Å². The fourth-order valence-corrected chi connectivity index (χ4v) is 2.59. The van der Waals surface area contributed by atoms with E-state index >= 15 is 0 Å². The largest absolute Gasteiger partial charge is 0.422 e. The van der Waals surface area contributed by atoms with Gasteiger partial charge in [0.1, 0.15) is 5.75 Å². The maximum absolute atomic E-state index is 13.3. The zero-order valence-corrected chi connectivity index (χ0v) is 16.3. The minimum Gasteiger partial charge on any atom is -0.422 e. The highest BCUT2D eigenvalue weighted by atomic mass is 127. The summed E-state index contributed by atoms with van der Waals surface area (Å²) in [7, 11) is -5.69. The second kappa shape index (κ2) is 8.27.